The highest BCUT2D eigenvalue weighted by Gasteiger charge is 2.10. The molecular weight excluding hydrogens is 212 g/mol. The van der Waals surface area contributed by atoms with Gasteiger partial charge in [0, 0.05) is 0 Å². The van der Waals surface area contributed by atoms with Gasteiger partial charge in [0.25, 0.3) is 0 Å². The SMILES string of the molecule is COC(=O)Oc1cc(=O)oc2ccccc12. The minimum absolute atomic E-state index is 0.124. The van der Waals surface area contributed by atoms with Crippen molar-refractivity contribution in [3.8, 4) is 5.75 Å². The van der Waals surface area contributed by atoms with Crippen LogP contribution in [0.4, 0.5) is 4.79 Å². The monoisotopic (exact) mass is 220 g/mol. The minimum atomic E-state index is -0.879. The Kier molecular flexibility index (Phi) is 2.59. The first kappa shape index (κ1) is 10.2. The van der Waals surface area contributed by atoms with Crippen molar-refractivity contribution in [3.05, 3.63) is 40.8 Å². The number of fused-ring (bicyclic) bond motifs is 1. The van der Waals surface area contributed by atoms with Gasteiger partial charge in [-0.3, -0.25) is 0 Å². The quantitative estimate of drug-likeness (QED) is 0.542. The summed E-state index contributed by atoms with van der Waals surface area (Å²) in [6.07, 6.45) is -0.879. The second kappa shape index (κ2) is 4.06. The van der Waals surface area contributed by atoms with Gasteiger partial charge in [-0.2, -0.15) is 0 Å². The molecule has 0 saturated carbocycles. The number of rotatable bonds is 1. The molecule has 2 aromatic rings. The number of hydrogen-bond donors (Lipinski definition) is 0. The van der Waals surface area contributed by atoms with Crippen LogP contribution in [0.15, 0.2) is 39.5 Å². The largest absolute Gasteiger partial charge is 0.513 e. The van der Waals surface area contributed by atoms with Gasteiger partial charge in [-0.15, -0.1) is 0 Å². The number of carbonyl (C=O) groups is 1. The zero-order valence-electron chi connectivity index (χ0n) is 8.43. The summed E-state index contributed by atoms with van der Waals surface area (Å²) in [6.45, 7) is 0. The van der Waals surface area contributed by atoms with E-state index in [1.807, 2.05) is 0 Å². The molecule has 0 saturated heterocycles. The summed E-state index contributed by atoms with van der Waals surface area (Å²) in [6, 6.07) is 7.84. The highest BCUT2D eigenvalue weighted by molar-refractivity contribution is 5.85. The highest BCUT2D eigenvalue weighted by Crippen LogP contribution is 2.23. The Morgan fingerprint density at radius 2 is 2.06 bits per heavy atom. The molecule has 16 heavy (non-hydrogen) atoms. The van der Waals surface area contributed by atoms with Crippen LogP contribution in [0.1, 0.15) is 0 Å². The van der Waals surface area contributed by atoms with Crippen molar-refractivity contribution in [1.82, 2.24) is 0 Å². The van der Waals surface area contributed by atoms with E-state index in [4.69, 9.17) is 9.15 Å². The van der Waals surface area contributed by atoms with Crippen LogP contribution in [-0.4, -0.2) is 13.3 Å². The number of hydrogen-bond acceptors (Lipinski definition) is 5. The molecule has 5 heteroatoms. The molecule has 0 atom stereocenters. The number of methoxy groups -OCH3 is 1. The van der Waals surface area contributed by atoms with Crippen LogP contribution < -0.4 is 10.4 Å². The van der Waals surface area contributed by atoms with Gasteiger partial charge in [0.1, 0.15) is 5.58 Å². The van der Waals surface area contributed by atoms with Crippen LogP contribution in [0.5, 0.6) is 5.75 Å². The van der Waals surface area contributed by atoms with Gasteiger partial charge in [0.05, 0.1) is 18.6 Å². The van der Waals surface area contributed by atoms with Crippen LogP contribution in [-0.2, 0) is 4.74 Å². The summed E-state index contributed by atoms with van der Waals surface area (Å²) in [4.78, 5) is 22.1. The first-order valence-corrected chi connectivity index (χ1v) is 4.49. The predicted octanol–water partition coefficient (Wildman–Crippen LogP) is 1.94. The van der Waals surface area contributed by atoms with Gasteiger partial charge >= 0.3 is 11.8 Å². The molecule has 0 N–H and O–H groups in total. The molecule has 1 aromatic heterocycles. The minimum Gasteiger partial charge on any atom is -0.437 e. The van der Waals surface area contributed by atoms with Crippen LogP contribution in [0.25, 0.3) is 11.0 Å². The third-order valence-electron chi connectivity index (χ3n) is 1.97. The molecule has 0 fully saturated rings. The normalized spacial score (nSPS) is 10.1. The maximum absolute atomic E-state index is 11.2. The fraction of sp³-hybridized carbons (Fsp3) is 0.0909. The van der Waals surface area contributed by atoms with Gasteiger partial charge in [-0.25, -0.2) is 9.59 Å². The van der Waals surface area contributed by atoms with Gasteiger partial charge in [0.2, 0.25) is 0 Å². The molecule has 0 amide bonds. The summed E-state index contributed by atoms with van der Waals surface area (Å²) in [5.74, 6) is 0.124. The van der Waals surface area contributed by atoms with E-state index in [-0.39, 0.29) is 5.75 Å². The van der Waals surface area contributed by atoms with Crippen LogP contribution >= 0.6 is 0 Å². The Morgan fingerprint density at radius 1 is 1.31 bits per heavy atom. The maximum Gasteiger partial charge on any atom is 0.513 e. The lowest BCUT2D eigenvalue weighted by atomic mass is 10.2. The molecule has 5 nitrogen and oxygen atoms in total. The standard InChI is InChI=1S/C11H8O5/c1-14-11(13)16-9-6-10(12)15-8-5-3-2-4-7(8)9/h2-6H,1H3. The third-order valence-corrected chi connectivity index (χ3v) is 1.97. The zero-order valence-corrected chi connectivity index (χ0v) is 8.43. The summed E-state index contributed by atoms with van der Waals surface area (Å²) >= 11 is 0. The fourth-order valence-electron chi connectivity index (χ4n) is 1.30. The van der Waals surface area contributed by atoms with Gasteiger partial charge in [-0.05, 0) is 12.1 Å². The molecule has 0 radical (unpaired) electrons. The Balaban J connectivity index is 2.59. The fourth-order valence-corrected chi connectivity index (χ4v) is 1.30. The molecule has 0 aliphatic carbocycles. The topological polar surface area (TPSA) is 65.7 Å². The van der Waals surface area contributed by atoms with Crippen molar-refractivity contribution in [2.75, 3.05) is 7.11 Å². The second-order valence-electron chi connectivity index (χ2n) is 2.98. The lowest BCUT2D eigenvalue weighted by molar-refractivity contribution is 0.122. The number of carbonyl (C=O) groups excluding carboxylic acids is 1. The Labute approximate surface area is 90.2 Å². The number of para-hydroxylation sites is 1. The van der Waals surface area contributed by atoms with E-state index in [1.165, 1.54) is 7.11 Å². The zero-order chi connectivity index (χ0) is 11.5. The van der Waals surface area contributed by atoms with Crippen molar-refractivity contribution < 1.29 is 18.7 Å². The maximum atomic E-state index is 11.2. The predicted molar refractivity (Wildman–Crippen MR) is 55.5 cm³/mol. The second-order valence-corrected chi connectivity index (χ2v) is 2.98. The van der Waals surface area contributed by atoms with Crippen molar-refractivity contribution in [2.45, 2.75) is 0 Å². The molecule has 0 aliphatic rings. The molecule has 1 aromatic carbocycles. The average molecular weight is 220 g/mol. The Hall–Kier alpha value is -2.30. The third kappa shape index (κ3) is 1.88. The molecule has 0 bridgehead atoms. The molecule has 0 spiro atoms. The van der Waals surface area contributed by atoms with Crippen molar-refractivity contribution in [3.63, 3.8) is 0 Å². The number of benzene rings is 1. The van der Waals surface area contributed by atoms with E-state index in [9.17, 15) is 9.59 Å². The van der Waals surface area contributed by atoms with Gasteiger partial charge in [-0.1, -0.05) is 12.1 Å². The van der Waals surface area contributed by atoms with Crippen LogP contribution in [0.3, 0.4) is 0 Å². The van der Waals surface area contributed by atoms with E-state index < -0.39 is 11.8 Å². The van der Waals surface area contributed by atoms with Crippen molar-refractivity contribution in [1.29, 1.82) is 0 Å². The van der Waals surface area contributed by atoms with E-state index in [0.717, 1.165) is 6.07 Å². The molecule has 1 heterocycles. The molecule has 82 valence electrons. The Bertz CT molecular complexity index is 584. The lowest BCUT2D eigenvalue weighted by Gasteiger charge is -2.04. The van der Waals surface area contributed by atoms with E-state index in [2.05, 4.69) is 4.74 Å². The Morgan fingerprint density at radius 3 is 2.81 bits per heavy atom. The summed E-state index contributed by atoms with van der Waals surface area (Å²) in [5.41, 5.74) is -0.230. The average Bonchev–Trinajstić information content (AvgIpc) is 2.28. The van der Waals surface area contributed by atoms with E-state index >= 15 is 0 Å². The first-order chi connectivity index (χ1) is 7.70. The van der Waals surface area contributed by atoms with Gasteiger partial charge < -0.3 is 13.9 Å². The molecule has 2 rings (SSSR count). The lowest BCUT2D eigenvalue weighted by Crippen LogP contribution is -2.09. The summed E-state index contributed by atoms with van der Waals surface area (Å²) < 4.78 is 14.1. The highest BCUT2D eigenvalue weighted by atomic mass is 16.7. The summed E-state index contributed by atoms with van der Waals surface area (Å²) in [5, 5.41) is 0.535. The van der Waals surface area contributed by atoms with Crippen LogP contribution in [0, 0.1) is 0 Å². The van der Waals surface area contributed by atoms with E-state index in [0.29, 0.717) is 11.0 Å². The summed E-state index contributed by atoms with van der Waals surface area (Å²) in [7, 11) is 1.19. The number of ether oxygens (including phenoxy) is 2. The van der Waals surface area contributed by atoms with Crippen LogP contribution in [0.2, 0.25) is 0 Å². The molecule has 0 unspecified atom stereocenters. The smallest absolute Gasteiger partial charge is 0.437 e. The molecular formula is C11H8O5. The van der Waals surface area contributed by atoms with Crippen molar-refractivity contribution in [2.24, 2.45) is 0 Å². The molecule has 0 aliphatic heterocycles. The van der Waals surface area contributed by atoms with Gasteiger partial charge in [0.15, 0.2) is 5.75 Å². The first-order valence-electron chi connectivity index (χ1n) is 4.49. The van der Waals surface area contributed by atoms with E-state index in [1.54, 1.807) is 24.3 Å². The van der Waals surface area contributed by atoms with Crippen molar-refractivity contribution >= 4 is 17.1 Å².